The van der Waals surface area contributed by atoms with E-state index in [1.54, 1.807) is 0 Å². The van der Waals surface area contributed by atoms with E-state index in [1.165, 1.54) is 0 Å². The minimum Gasteiger partial charge on any atom is -0.396 e. The molecule has 14 heavy (non-hydrogen) atoms. The number of hydrogen-bond donors (Lipinski definition) is 1. The third-order valence-corrected chi connectivity index (χ3v) is 2.33. The van der Waals surface area contributed by atoms with Crippen molar-refractivity contribution in [3.05, 3.63) is 34.3 Å². The Balaban J connectivity index is 2.33. The van der Waals surface area contributed by atoms with Crippen molar-refractivity contribution < 1.29 is 5.11 Å². The Morgan fingerprint density at radius 2 is 1.93 bits per heavy atom. The zero-order valence-electron chi connectivity index (χ0n) is 7.99. The van der Waals surface area contributed by atoms with E-state index in [0.717, 1.165) is 29.4 Å². The van der Waals surface area contributed by atoms with Crippen molar-refractivity contribution in [2.75, 3.05) is 13.2 Å². The first kappa shape index (κ1) is 11.4. The molecule has 0 bridgehead atoms. The van der Waals surface area contributed by atoms with Crippen LogP contribution in [0.1, 0.15) is 18.4 Å². The SMILES string of the molecule is OCCCCN=Cc1ccc(Br)cc1. The highest BCUT2D eigenvalue weighted by Gasteiger charge is 1.88. The van der Waals surface area contributed by atoms with Gasteiger partial charge in [0.2, 0.25) is 0 Å². The van der Waals surface area contributed by atoms with Gasteiger partial charge < -0.3 is 5.11 Å². The fraction of sp³-hybridized carbons (Fsp3) is 0.364. The van der Waals surface area contributed by atoms with Crippen molar-refractivity contribution in [1.29, 1.82) is 0 Å². The van der Waals surface area contributed by atoms with Crippen LogP contribution < -0.4 is 0 Å². The smallest absolute Gasteiger partial charge is 0.0431 e. The molecule has 0 unspecified atom stereocenters. The van der Waals surface area contributed by atoms with Crippen LogP contribution in [0.2, 0.25) is 0 Å². The second-order valence-electron chi connectivity index (χ2n) is 3.02. The summed E-state index contributed by atoms with van der Waals surface area (Å²) in [5.41, 5.74) is 1.11. The predicted octanol–water partition coefficient (Wildman–Crippen LogP) is 2.64. The molecular weight excluding hydrogens is 242 g/mol. The number of unbranched alkanes of at least 4 members (excludes halogenated alkanes) is 1. The van der Waals surface area contributed by atoms with Crippen LogP contribution in [-0.2, 0) is 0 Å². The summed E-state index contributed by atoms with van der Waals surface area (Å²) in [6.07, 6.45) is 3.64. The number of halogens is 1. The van der Waals surface area contributed by atoms with E-state index < -0.39 is 0 Å². The van der Waals surface area contributed by atoms with Gasteiger partial charge >= 0.3 is 0 Å². The minimum atomic E-state index is 0.258. The lowest BCUT2D eigenvalue weighted by Gasteiger charge is -1.94. The molecule has 76 valence electrons. The maximum atomic E-state index is 8.56. The Bertz CT molecular complexity index is 282. The highest BCUT2D eigenvalue weighted by atomic mass is 79.9. The second kappa shape index (κ2) is 6.74. The van der Waals surface area contributed by atoms with Crippen molar-refractivity contribution in [2.45, 2.75) is 12.8 Å². The first-order chi connectivity index (χ1) is 6.83. The van der Waals surface area contributed by atoms with Gasteiger partial charge in [-0.15, -0.1) is 0 Å². The van der Waals surface area contributed by atoms with Crippen LogP contribution in [0.25, 0.3) is 0 Å². The predicted molar refractivity (Wildman–Crippen MR) is 62.9 cm³/mol. The number of aliphatic imine (C=N–C) groups is 1. The van der Waals surface area contributed by atoms with Crippen molar-refractivity contribution in [2.24, 2.45) is 4.99 Å². The molecule has 0 radical (unpaired) electrons. The van der Waals surface area contributed by atoms with Gasteiger partial charge in [-0.05, 0) is 30.5 Å². The standard InChI is InChI=1S/C11H14BrNO/c12-11-5-3-10(4-6-11)9-13-7-1-2-8-14/h3-6,9,14H,1-2,7-8H2. The summed E-state index contributed by atoms with van der Waals surface area (Å²) in [6, 6.07) is 8.02. The van der Waals surface area contributed by atoms with Crippen LogP contribution in [-0.4, -0.2) is 24.5 Å². The summed E-state index contributed by atoms with van der Waals surface area (Å²) in [4.78, 5) is 4.26. The fourth-order valence-corrected chi connectivity index (χ4v) is 1.30. The summed E-state index contributed by atoms with van der Waals surface area (Å²) in [5.74, 6) is 0. The Morgan fingerprint density at radius 3 is 2.57 bits per heavy atom. The summed E-state index contributed by atoms with van der Waals surface area (Å²) in [5, 5.41) is 8.56. The average molecular weight is 256 g/mol. The van der Waals surface area contributed by atoms with E-state index in [9.17, 15) is 0 Å². The van der Waals surface area contributed by atoms with Crippen molar-refractivity contribution >= 4 is 22.1 Å². The zero-order valence-corrected chi connectivity index (χ0v) is 9.57. The number of benzene rings is 1. The molecule has 0 spiro atoms. The molecule has 0 aromatic heterocycles. The van der Waals surface area contributed by atoms with Crippen molar-refractivity contribution in [1.82, 2.24) is 0 Å². The lowest BCUT2D eigenvalue weighted by molar-refractivity contribution is 0.285. The third-order valence-electron chi connectivity index (χ3n) is 1.81. The largest absolute Gasteiger partial charge is 0.396 e. The molecule has 0 saturated carbocycles. The van der Waals surface area contributed by atoms with Gasteiger partial charge in [0.1, 0.15) is 0 Å². The van der Waals surface area contributed by atoms with Gasteiger partial charge in [0.15, 0.2) is 0 Å². The monoisotopic (exact) mass is 255 g/mol. The number of aliphatic hydroxyl groups excluding tert-OH is 1. The summed E-state index contributed by atoms with van der Waals surface area (Å²) in [7, 11) is 0. The van der Waals surface area contributed by atoms with Gasteiger partial charge in [0.25, 0.3) is 0 Å². The number of aliphatic hydroxyl groups is 1. The van der Waals surface area contributed by atoms with E-state index in [2.05, 4.69) is 20.9 Å². The van der Waals surface area contributed by atoms with Crippen LogP contribution in [0.4, 0.5) is 0 Å². The molecule has 1 aromatic rings. The highest BCUT2D eigenvalue weighted by Crippen LogP contribution is 2.08. The Labute approximate surface area is 92.8 Å². The summed E-state index contributed by atoms with van der Waals surface area (Å²) in [6.45, 7) is 1.05. The molecule has 0 amide bonds. The number of hydrogen-bond acceptors (Lipinski definition) is 2. The van der Waals surface area contributed by atoms with Gasteiger partial charge in [-0.25, -0.2) is 0 Å². The molecule has 2 nitrogen and oxygen atoms in total. The average Bonchev–Trinajstić information content (AvgIpc) is 2.21. The van der Waals surface area contributed by atoms with Crippen molar-refractivity contribution in [3.63, 3.8) is 0 Å². The molecule has 0 aliphatic rings. The molecule has 0 heterocycles. The maximum Gasteiger partial charge on any atom is 0.0431 e. The second-order valence-corrected chi connectivity index (χ2v) is 3.93. The Morgan fingerprint density at radius 1 is 1.21 bits per heavy atom. The number of nitrogens with zero attached hydrogens (tertiary/aromatic N) is 1. The topological polar surface area (TPSA) is 32.6 Å². The van der Waals surface area contributed by atoms with Crippen LogP contribution >= 0.6 is 15.9 Å². The molecule has 1 rings (SSSR count). The molecule has 0 fully saturated rings. The minimum absolute atomic E-state index is 0.258. The quantitative estimate of drug-likeness (QED) is 0.637. The van der Waals surface area contributed by atoms with E-state index >= 15 is 0 Å². The lowest BCUT2D eigenvalue weighted by Crippen LogP contribution is -1.87. The van der Waals surface area contributed by atoms with Crippen LogP contribution in [0.15, 0.2) is 33.7 Å². The molecule has 3 heteroatoms. The van der Waals surface area contributed by atoms with Crippen LogP contribution in [0.5, 0.6) is 0 Å². The van der Waals surface area contributed by atoms with Crippen LogP contribution in [0.3, 0.4) is 0 Å². The van der Waals surface area contributed by atoms with E-state index in [-0.39, 0.29) is 6.61 Å². The first-order valence-corrected chi connectivity index (χ1v) is 5.48. The van der Waals surface area contributed by atoms with Gasteiger partial charge in [0, 0.05) is 23.8 Å². The van der Waals surface area contributed by atoms with Crippen LogP contribution in [0, 0.1) is 0 Å². The molecule has 1 aromatic carbocycles. The summed E-state index contributed by atoms with van der Waals surface area (Å²) < 4.78 is 1.08. The Kier molecular flexibility index (Phi) is 5.49. The third kappa shape index (κ3) is 4.53. The molecule has 0 saturated heterocycles. The highest BCUT2D eigenvalue weighted by molar-refractivity contribution is 9.10. The Hall–Kier alpha value is -0.670. The van der Waals surface area contributed by atoms with Gasteiger partial charge in [0.05, 0.1) is 0 Å². The fourth-order valence-electron chi connectivity index (χ4n) is 1.03. The van der Waals surface area contributed by atoms with Gasteiger partial charge in [-0.1, -0.05) is 28.1 Å². The molecule has 0 atom stereocenters. The maximum absolute atomic E-state index is 8.56. The molecule has 1 N–H and O–H groups in total. The van der Waals surface area contributed by atoms with Gasteiger partial charge in [-0.2, -0.15) is 0 Å². The summed E-state index contributed by atoms with van der Waals surface area (Å²) >= 11 is 3.38. The number of rotatable bonds is 5. The first-order valence-electron chi connectivity index (χ1n) is 4.69. The van der Waals surface area contributed by atoms with E-state index in [4.69, 9.17) is 5.11 Å². The van der Waals surface area contributed by atoms with Gasteiger partial charge in [-0.3, -0.25) is 4.99 Å². The normalized spacial score (nSPS) is 11.0. The molecule has 0 aliphatic carbocycles. The lowest BCUT2D eigenvalue weighted by atomic mass is 10.2. The molecular formula is C11H14BrNO. The molecule has 0 aliphatic heterocycles. The zero-order chi connectivity index (χ0) is 10.2. The van der Waals surface area contributed by atoms with E-state index in [0.29, 0.717) is 0 Å². The van der Waals surface area contributed by atoms with E-state index in [1.807, 2.05) is 30.5 Å². The van der Waals surface area contributed by atoms with Crippen molar-refractivity contribution in [3.8, 4) is 0 Å².